The van der Waals surface area contributed by atoms with Crippen LogP contribution in [0.2, 0.25) is 0 Å². The minimum atomic E-state index is -0.841. The molecule has 2 N–H and O–H groups in total. The molecule has 1 unspecified atom stereocenters. The van der Waals surface area contributed by atoms with Gasteiger partial charge < -0.3 is 20.3 Å². The Labute approximate surface area is 179 Å². The summed E-state index contributed by atoms with van der Waals surface area (Å²) in [4.78, 5) is 38.7. The largest absolute Gasteiger partial charge is 0.444 e. The predicted molar refractivity (Wildman–Crippen MR) is 117 cm³/mol. The molecule has 30 heavy (non-hydrogen) atoms. The van der Waals surface area contributed by atoms with E-state index in [9.17, 15) is 14.4 Å². The lowest BCUT2D eigenvalue weighted by Crippen LogP contribution is -2.46. The first-order valence-corrected chi connectivity index (χ1v) is 10.2. The number of carbonyl (C=O) groups is 3. The highest BCUT2D eigenvalue weighted by molar-refractivity contribution is 5.90. The molecule has 0 aliphatic heterocycles. The van der Waals surface area contributed by atoms with E-state index in [1.54, 1.807) is 45.0 Å². The SMILES string of the molecule is C#Cc1ccc(C(C(=O)NCCCCC)N(C)C(=O)CNC(=O)OC(C)(C)C)cc1. The minimum Gasteiger partial charge on any atom is -0.444 e. The summed E-state index contributed by atoms with van der Waals surface area (Å²) < 4.78 is 5.14. The van der Waals surface area contributed by atoms with Crippen LogP contribution >= 0.6 is 0 Å². The molecule has 1 aromatic carbocycles. The lowest BCUT2D eigenvalue weighted by atomic mass is 10.0. The van der Waals surface area contributed by atoms with Crippen LogP contribution < -0.4 is 10.6 Å². The van der Waals surface area contributed by atoms with Gasteiger partial charge in [-0.25, -0.2) is 4.79 Å². The third kappa shape index (κ3) is 8.56. The number of likely N-dealkylation sites (N-methyl/N-ethyl adjacent to an activating group) is 1. The normalized spacial score (nSPS) is 11.7. The summed E-state index contributed by atoms with van der Waals surface area (Å²) in [5.74, 6) is 1.83. The van der Waals surface area contributed by atoms with Gasteiger partial charge in [0.15, 0.2) is 0 Å². The average molecular weight is 416 g/mol. The molecule has 1 aromatic rings. The number of nitrogens with zero attached hydrogens (tertiary/aromatic N) is 1. The third-order valence-corrected chi connectivity index (χ3v) is 4.28. The van der Waals surface area contributed by atoms with Crippen molar-refractivity contribution in [2.24, 2.45) is 0 Å². The topological polar surface area (TPSA) is 87.7 Å². The Kier molecular flexibility index (Phi) is 9.90. The van der Waals surface area contributed by atoms with Gasteiger partial charge >= 0.3 is 6.09 Å². The van der Waals surface area contributed by atoms with E-state index in [0.29, 0.717) is 17.7 Å². The zero-order valence-electron chi connectivity index (χ0n) is 18.6. The molecule has 0 saturated heterocycles. The van der Waals surface area contributed by atoms with Gasteiger partial charge in [-0.3, -0.25) is 9.59 Å². The predicted octanol–water partition coefficient (Wildman–Crippen LogP) is 3.00. The van der Waals surface area contributed by atoms with E-state index in [1.807, 2.05) is 0 Å². The lowest BCUT2D eigenvalue weighted by molar-refractivity contribution is -0.138. The fraction of sp³-hybridized carbons (Fsp3) is 0.522. The summed E-state index contributed by atoms with van der Waals surface area (Å²) in [7, 11) is 1.53. The molecule has 0 aliphatic carbocycles. The molecule has 0 aromatic heterocycles. The Bertz CT molecular complexity index is 760. The Morgan fingerprint density at radius 3 is 2.30 bits per heavy atom. The van der Waals surface area contributed by atoms with Crippen LogP contribution in [0.1, 0.15) is 64.1 Å². The van der Waals surface area contributed by atoms with Gasteiger partial charge in [-0.05, 0) is 44.9 Å². The molecule has 0 spiro atoms. The third-order valence-electron chi connectivity index (χ3n) is 4.28. The number of ether oxygens (including phenoxy) is 1. The summed E-state index contributed by atoms with van der Waals surface area (Å²) in [5.41, 5.74) is 0.648. The first-order chi connectivity index (χ1) is 14.1. The molecule has 0 bridgehead atoms. The fourth-order valence-electron chi connectivity index (χ4n) is 2.73. The number of benzene rings is 1. The zero-order chi connectivity index (χ0) is 22.7. The minimum absolute atomic E-state index is 0.284. The lowest BCUT2D eigenvalue weighted by Gasteiger charge is -2.28. The maximum Gasteiger partial charge on any atom is 0.408 e. The van der Waals surface area contributed by atoms with Crippen molar-refractivity contribution in [3.63, 3.8) is 0 Å². The molecule has 0 heterocycles. The van der Waals surface area contributed by atoms with Crippen molar-refractivity contribution in [2.75, 3.05) is 20.1 Å². The summed E-state index contributed by atoms with van der Waals surface area (Å²) in [6.45, 7) is 7.54. The van der Waals surface area contributed by atoms with Crippen molar-refractivity contribution >= 4 is 17.9 Å². The molecule has 0 radical (unpaired) electrons. The fourth-order valence-corrected chi connectivity index (χ4v) is 2.73. The number of hydrogen-bond acceptors (Lipinski definition) is 4. The van der Waals surface area contributed by atoms with E-state index >= 15 is 0 Å². The van der Waals surface area contributed by atoms with Crippen molar-refractivity contribution < 1.29 is 19.1 Å². The molecule has 0 aliphatic rings. The van der Waals surface area contributed by atoms with E-state index < -0.39 is 23.6 Å². The van der Waals surface area contributed by atoms with Gasteiger partial charge in [0.25, 0.3) is 0 Å². The van der Waals surface area contributed by atoms with Crippen molar-refractivity contribution in [2.45, 2.75) is 58.6 Å². The number of alkyl carbamates (subject to hydrolysis) is 1. The second-order valence-corrected chi connectivity index (χ2v) is 8.03. The van der Waals surface area contributed by atoms with Gasteiger partial charge in [0.2, 0.25) is 11.8 Å². The molecule has 164 valence electrons. The van der Waals surface area contributed by atoms with Crippen LogP contribution in [0.5, 0.6) is 0 Å². The van der Waals surface area contributed by atoms with Gasteiger partial charge in [0.1, 0.15) is 18.2 Å². The highest BCUT2D eigenvalue weighted by Gasteiger charge is 2.29. The smallest absolute Gasteiger partial charge is 0.408 e. The maximum atomic E-state index is 12.9. The maximum absolute atomic E-state index is 12.9. The number of amides is 3. The standard InChI is InChI=1S/C23H33N3O4/c1-7-9-10-15-24-21(28)20(18-13-11-17(8-2)12-14-18)26(6)19(27)16-25-22(29)30-23(3,4)5/h2,11-14,20H,7,9-10,15-16H2,1,3-6H3,(H,24,28)(H,25,29). The van der Waals surface area contributed by atoms with Gasteiger partial charge in [0.05, 0.1) is 0 Å². The van der Waals surface area contributed by atoms with E-state index in [4.69, 9.17) is 11.2 Å². The monoisotopic (exact) mass is 415 g/mol. The summed E-state index contributed by atoms with van der Waals surface area (Å²) >= 11 is 0. The van der Waals surface area contributed by atoms with Crippen LogP contribution in [0.15, 0.2) is 24.3 Å². The van der Waals surface area contributed by atoms with Gasteiger partial charge in [-0.2, -0.15) is 0 Å². The Hall–Kier alpha value is -3.01. The highest BCUT2D eigenvalue weighted by Crippen LogP contribution is 2.21. The molecule has 0 fully saturated rings. The van der Waals surface area contributed by atoms with Crippen molar-refractivity contribution in [1.82, 2.24) is 15.5 Å². The molecule has 3 amide bonds. The number of terminal acetylenes is 1. The molecule has 0 saturated carbocycles. The second kappa shape index (κ2) is 11.9. The van der Waals surface area contributed by atoms with E-state index in [0.717, 1.165) is 19.3 Å². The Morgan fingerprint density at radius 1 is 1.13 bits per heavy atom. The molecule has 1 rings (SSSR count). The average Bonchev–Trinajstić information content (AvgIpc) is 2.68. The summed E-state index contributed by atoms with van der Waals surface area (Å²) in [6.07, 6.45) is 7.63. The number of rotatable bonds is 9. The van der Waals surface area contributed by atoms with Crippen LogP contribution in [0.3, 0.4) is 0 Å². The van der Waals surface area contributed by atoms with Crippen LogP contribution in [-0.2, 0) is 14.3 Å². The molecular formula is C23H33N3O4. The van der Waals surface area contributed by atoms with Crippen molar-refractivity contribution in [3.8, 4) is 12.3 Å². The Morgan fingerprint density at radius 2 is 1.77 bits per heavy atom. The summed E-state index contributed by atoms with van der Waals surface area (Å²) in [6, 6.07) is 6.08. The highest BCUT2D eigenvalue weighted by atomic mass is 16.6. The number of unbranched alkanes of at least 4 members (excludes halogenated alkanes) is 2. The van der Waals surface area contributed by atoms with E-state index in [1.165, 1.54) is 11.9 Å². The van der Waals surface area contributed by atoms with Crippen molar-refractivity contribution in [3.05, 3.63) is 35.4 Å². The van der Waals surface area contributed by atoms with Gasteiger partial charge in [0, 0.05) is 19.2 Å². The number of carbonyl (C=O) groups excluding carboxylic acids is 3. The molecule has 1 atom stereocenters. The molecule has 7 heteroatoms. The first kappa shape index (κ1) is 25.0. The van der Waals surface area contributed by atoms with Crippen LogP contribution in [0, 0.1) is 12.3 Å². The molecule has 7 nitrogen and oxygen atoms in total. The number of nitrogens with one attached hydrogen (secondary N) is 2. The van der Waals surface area contributed by atoms with Crippen LogP contribution in [-0.4, -0.2) is 48.5 Å². The second-order valence-electron chi connectivity index (χ2n) is 8.03. The quantitative estimate of drug-likeness (QED) is 0.479. The van der Waals surface area contributed by atoms with Gasteiger partial charge in [-0.15, -0.1) is 6.42 Å². The zero-order valence-corrected chi connectivity index (χ0v) is 18.6. The molecular weight excluding hydrogens is 382 g/mol. The Balaban J connectivity index is 2.90. The van der Waals surface area contributed by atoms with Crippen LogP contribution in [0.25, 0.3) is 0 Å². The van der Waals surface area contributed by atoms with E-state index in [-0.39, 0.29) is 12.5 Å². The van der Waals surface area contributed by atoms with Crippen LogP contribution in [0.4, 0.5) is 4.79 Å². The van der Waals surface area contributed by atoms with Gasteiger partial charge in [-0.1, -0.05) is 37.8 Å². The van der Waals surface area contributed by atoms with Crippen molar-refractivity contribution in [1.29, 1.82) is 0 Å². The number of hydrogen-bond donors (Lipinski definition) is 2. The van der Waals surface area contributed by atoms with E-state index in [2.05, 4.69) is 23.5 Å². The first-order valence-electron chi connectivity index (χ1n) is 10.2. The summed E-state index contributed by atoms with van der Waals surface area (Å²) in [5, 5.41) is 5.32.